The number of carbonyl (C=O) groups excluding carboxylic acids is 2. The highest BCUT2D eigenvalue weighted by molar-refractivity contribution is 8.26. The van der Waals surface area contributed by atoms with Gasteiger partial charge in [-0.2, -0.15) is 0 Å². The van der Waals surface area contributed by atoms with Crippen molar-refractivity contribution in [1.82, 2.24) is 4.90 Å². The van der Waals surface area contributed by atoms with E-state index in [2.05, 4.69) is 5.32 Å². The molecule has 0 aromatic heterocycles. The van der Waals surface area contributed by atoms with Gasteiger partial charge in [-0.05, 0) is 61.7 Å². The van der Waals surface area contributed by atoms with E-state index in [0.29, 0.717) is 20.7 Å². The highest BCUT2D eigenvalue weighted by Crippen LogP contribution is 2.39. The quantitative estimate of drug-likeness (QED) is 0.272. The summed E-state index contributed by atoms with van der Waals surface area (Å²) in [5, 5.41) is 2.87. The van der Waals surface area contributed by atoms with E-state index < -0.39 is 0 Å². The first-order chi connectivity index (χ1) is 17.8. The minimum Gasteiger partial charge on any atom is -0.493 e. The molecule has 37 heavy (non-hydrogen) atoms. The van der Waals surface area contributed by atoms with Gasteiger partial charge in [-0.1, -0.05) is 78.1 Å². The van der Waals surface area contributed by atoms with Gasteiger partial charge in [0.05, 0.1) is 18.1 Å². The molecule has 1 saturated heterocycles. The Morgan fingerprint density at radius 2 is 1.84 bits per heavy atom. The van der Waals surface area contributed by atoms with Crippen molar-refractivity contribution in [1.29, 1.82) is 0 Å². The molecule has 3 aromatic carbocycles. The normalized spacial score (nSPS) is 15.1. The summed E-state index contributed by atoms with van der Waals surface area (Å²) in [4.78, 5) is 27.8. The summed E-state index contributed by atoms with van der Waals surface area (Å²) in [6.07, 6.45) is 1.79. The maximum absolute atomic E-state index is 13.2. The standard InChI is InChI=1S/C29H28N2O4S2/c1-18-10-12-23(19(2)14-18)30-27(32)17-35-24-13-11-21(15-25(24)34-4)16-26-28(33)31(29(36)37-26)20(3)22-8-6-5-7-9-22/h5-16,20H,17H2,1-4H3,(H,30,32)/b26-16-/t20-/m1/s1. The molecular formula is C29H28N2O4S2. The molecule has 1 heterocycles. The number of carbonyl (C=O) groups is 2. The molecule has 0 aliphatic carbocycles. The Kier molecular flexibility index (Phi) is 8.31. The summed E-state index contributed by atoms with van der Waals surface area (Å²) in [5.41, 5.74) is 4.64. The van der Waals surface area contributed by atoms with Crippen LogP contribution in [-0.2, 0) is 9.59 Å². The Morgan fingerprint density at radius 3 is 2.54 bits per heavy atom. The summed E-state index contributed by atoms with van der Waals surface area (Å²) < 4.78 is 11.7. The zero-order valence-corrected chi connectivity index (χ0v) is 22.7. The largest absolute Gasteiger partial charge is 0.493 e. The van der Waals surface area contributed by atoms with E-state index in [0.717, 1.165) is 27.9 Å². The number of aryl methyl sites for hydroxylation is 2. The van der Waals surface area contributed by atoms with E-state index in [1.807, 2.05) is 75.4 Å². The molecular weight excluding hydrogens is 504 g/mol. The summed E-state index contributed by atoms with van der Waals surface area (Å²) in [6.45, 7) is 5.75. The van der Waals surface area contributed by atoms with Gasteiger partial charge in [-0.3, -0.25) is 14.5 Å². The first kappa shape index (κ1) is 26.4. The molecule has 1 aliphatic rings. The lowest BCUT2D eigenvalue weighted by Crippen LogP contribution is -2.30. The minimum absolute atomic E-state index is 0.131. The molecule has 0 radical (unpaired) electrons. The van der Waals surface area contributed by atoms with E-state index in [-0.39, 0.29) is 24.5 Å². The summed E-state index contributed by atoms with van der Waals surface area (Å²) >= 11 is 6.80. The molecule has 1 N–H and O–H groups in total. The maximum atomic E-state index is 13.2. The van der Waals surface area contributed by atoms with Crippen molar-refractivity contribution < 1.29 is 19.1 Å². The lowest BCUT2D eigenvalue weighted by Gasteiger charge is -2.23. The number of nitrogens with one attached hydrogen (secondary N) is 1. The predicted octanol–water partition coefficient (Wildman–Crippen LogP) is 6.29. The third-order valence-electron chi connectivity index (χ3n) is 5.99. The van der Waals surface area contributed by atoms with Crippen LogP contribution in [0.5, 0.6) is 11.5 Å². The van der Waals surface area contributed by atoms with E-state index in [1.54, 1.807) is 23.1 Å². The van der Waals surface area contributed by atoms with Crippen LogP contribution in [0.4, 0.5) is 5.69 Å². The van der Waals surface area contributed by atoms with Gasteiger partial charge in [-0.15, -0.1) is 0 Å². The fraction of sp³-hybridized carbons (Fsp3) is 0.207. The second-order valence-corrected chi connectivity index (χ2v) is 10.4. The molecule has 0 bridgehead atoms. The molecule has 0 spiro atoms. The van der Waals surface area contributed by atoms with Crippen molar-refractivity contribution in [2.75, 3.05) is 19.0 Å². The number of ether oxygens (including phenoxy) is 2. The Hall–Kier alpha value is -3.62. The lowest BCUT2D eigenvalue weighted by molar-refractivity contribution is -0.123. The number of anilines is 1. The fourth-order valence-electron chi connectivity index (χ4n) is 4.02. The van der Waals surface area contributed by atoms with Crippen molar-refractivity contribution in [2.45, 2.75) is 26.8 Å². The first-order valence-corrected chi connectivity index (χ1v) is 13.0. The van der Waals surface area contributed by atoms with Crippen molar-refractivity contribution in [3.05, 3.63) is 93.9 Å². The van der Waals surface area contributed by atoms with Crippen molar-refractivity contribution in [3.8, 4) is 11.5 Å². The molecule has 4 rings (SSSR count). The number of amides is 2. The van der Waals surface area contributed by atoms with Crippen LogP contribution in [0.25, 0.3) is 6.08 Å². The highest BCUT2D eigenvalue weighted by Gasteiger charge is 2.35. The molecule has 190 valence electrons. The first-order valence-electron chi connectivity index (χ1n) is 11.8. The van der Waals surface area contributed by atoms with Gasteiger partial charge >= 0.3 is 0 Å². The molecule has 8 heteroatoms. The molecule has 1 aliphatic heterocycles. The predicted molar refractivity (Wildman–Crippen MR) is 153 cm³/mol. The number of hydrogen-bond donors (Lipinski definition) is 1. The van der Waals surface area contributed by atoms with Crippen LogP contribution in [-0.4, -0.2) is 34.8 Å². The second kappa shape index (κ2) is 11.6. The molecule has 2 amide bonds. The summed E-state index contributed by atoms with van der Waals surface area (Å²) in [5.74, 6) is 0.491. The molecule has 0 unspecified atom stereocenters. The average Bonchev–Trinajstić information content (AvgIpc) is 3.17. The monoisotopic (exact) mass is 532 g/mol. The summed E-state index contributed by atoms with van der Waals surface area (Å²) in [7, 11) is 1.53. The highest BCUT2D eigenvalue weighted by atomic mass is 32.2. The smallest absolute Gasteiger partial charge is 0.266 e. The van der Waals surface area contributed by atoms with Crippen molar-refractivity contribution in [2.24, 2.45) is 0 Å². The number of thioether (sulfide) groups is 1. The molecule has 0 saturated carbocycles. The Labute approximate surface area is 226 Å². The van der Waals surface area contributed by atoms with Crippen LogP contribution in [0.1, 0.15) is 35.2 Å². The van der Waals surface area contributed by atoms with Crippen LogP contribution >= 0.6 is 24.0 Å². The van der Waals surface area contributed by atoms with Gasteiger partial charge in [0.25, 0.3) is 11.8 Å². The zero-order valence-electron chi connectivity index (χ0n) is 21.1. The van der Waals surface area contributed by atoms with Crippen molar-refractivity contribution in [3.63, 3.8) is 0 Å². The minimum atomic E-state index is -0.269. The van der Waals surface area contributed by atoms with Crippen LogP contribution in [0.15, 0.2) is 71.6 Å². The van der Waals surface area contributed by atoms with E-state index in [9.17, 15) is 9.59 Å². The topological polar surface area (TPSA) is 67.9 Å². The fourth-order valence-corrected chi connectivity index (χ4v) is 5.44. The number of benzene rings is 3. The lowest BCUT2D eigenvalue weighted by atomic mass is 10.1. The number of methoxy groups -OCH3 is 1. The van der Waals surface area contributed by atoms with Crippen molar-refractivity contribution >= 4 is 51.9 Å². The second-order valence-electron chi connectivity index (χ2n) is 8.70. The number of nitrogens with zero attached hydrogens (tertiary/aromatic N) is 1. The van der Waals surface area contributed by atoms with E-state index in [4.69, 9.17) is 21.7 Å². The van der Waals surface area contributed by atoms with Gasteiger partial charge in [-0.25, -0.2) is 0 Å². The molecule has 6 nitrogen and oxygen atoms in total. The SMILES string of the molecule is COc1cc(/C=C2\SC(=S)N([C@H](C)c3ccccc3)C2=O)ccc1OCC(=O)Nc1ccc(C)cc1C. The van der Waals surface area contributed by atoms with Gasteiger partial charge < -0.3 is 14.8 Å². The molecule has 1 atom stereocenters. The molecule has 3 aromatic rings. The third-order valence-corrected chi connectivity index (χ3v) is 7.32. The van der Waals surface area contributed by atoms with Crippen LogP contribution in [0.2, 0.25) is 0 Å². The average molecular weight is 533 g/mol. The number of rotatable bonds is 8. The zero-order chi connectivity index (χ0) is 26.5. The Morgan fingerprint density at radius 1 is 1.08 bits per heavy atom. The summed E-state index contributed by atoms with van der Waals surface area (Å²) in [6, 6.07) is 20.8. The van der Waals surface area contributed by atoms with Gasteiger partial charge in [0, 0.05) is 5.69 Å². The Bertz CT molecular complexity index is 1370. The van der Waals surface area contributed by atoms with Gasteiger partial charge in [0.15, 0.2) is 18.1 Å². The van der Waals surface area contributed by atoms with Crippen LogP contribution < -0.4 is 14.8 Å². The third kappa shape index (κ3) is 6.21. The maximum Gasteiger partial charge on any atom is 0.266 e. The number of thiocarbonyl (C=S) groups is 1. The van der Waals surface area contributed by atoms with E-state index >= 15 is 0 Å². The van der Waals surface area contributed by atoms with Gasteiger partial charge in [0.1, 0.15) is 4.32 Å². The number of hydrogen-bond acceptors (Lipinski definition) is 6. The van der Waals surface area contributed by atoms with Crippen LogP contribution in [0.3, 0.4) is 0 Å². The van der Waals surface area contributed by atoms with Gasteiger partial charge in [0.2, 0.25) is 0 Å². The van der Waals surface area contributed by atoms with Crippen LogP contribution in [0, 0.1) is 13.8 Å². The van der Waals surface area contributed by atoms with E-state index in [1.165, 1.54) is 18.9 Å². The Balaban J connectivity index is 1.44. The molecule has 1 fully saturated rings.